The lowest BCUT2D eigenvalue weighted by Crippen LogP contribution is -1.95. The maximum absolute atomic E-state index is 10.0. The van der Waals surface area contributed by atoms with Crippen LogP contribution in [-0.4, -0.2) is 20.3 Å². The molecule has 0 saturated heterocycles. The van der Waals surface area contributed by atoms with E-state index in [4.69, 9.17) is 9.47 Å². The van der Waals surface area contributed by atoms with Crippen molar-refractivity contribution in [3.05, 3.63) is 23.8 Å². The van der Waals surface area contributed by atoms with E-state index in [-0.39, 0.29) is 6.54 Å². The predicted molar refractivity (Wildman–Crippen MR) is 51.4 cm³/mol. The van der Waals surface area contributed by atoms with Gasteiger partial charge in [-0.2, -0.15) is 0 Å². The van der Waals surface area contributed by atoms with Gasteiger partial charge in [-0.3, -0.25) is 0 Å². The molecule has 0 unspecified atom stereocenters. The number of nitrogens with zero attached hydrogens (tertiary/aromatic N) is 1. The number of hydrogen-bond acceptors (Lipinski definition) is 4. The van der Waals surface area contributed by atoms with Gasteiger partial charge in [0.2, 0.25) is 6.08 Å². The van der Waals surface area contributed by atoms with Gasteiger partial charge in [-0.15, -0.1) is 0 Å². The minimum atomic E-state index is 0.219. The summed E-state index contributed by atoms with van der Waals surface area (Å²) in [4.78, 5) is 13.5. The molecule has 0 aromatic heterocycles. The molecular formula is C10H11NO3. The fraction of sp³-hybridized carbons (Fsp3) is 0.300. The summed E-state index contributed by atoms with van der Waals surface area (Å²) in [6, 6.07) is 5.39. The van der Waals surface area contributed by atoms with Crippen LogP contribution in [0.25, 0.3) is 0 Å². The third kappa shape index (κ3) is 2.12. The van der Waals surface area contributed by atoms with Crippen LogP contribution < -0.4 is 9.47 Å². The molecule has 1 aromatic carbocycles. The molecule has 0 saturated carbocycles. The van der Waals surface area contributed by atoms with Crippen molar-refractivity contribution < 1.29 is 14.3 Å². The number of hydrogen-bond donors (Lipinski definition) is 0. The highest BCUT2D eigenvalue weighted by Crippen LogP contribution is 2.28. The van der Waals surface area contributed by atoms with E-state index < -0.39 is 0 Å². The fourth-order valence-electron chi connectivity index (χ4n) is 1.20. The quantitative estimate of drug-likeness (QED) is 0.538. The maximum Gasteiger partial charge on any atom is 0.235 e. The van der Waals surface area contributed by atoms with Crippen molar-refractivity contribution in [2.75, 3.05) is 14.2 Å². The molecule has 0 fully saturated rings. The van der Waals surface area contributed by atoms with Crippen LogP contribution in [0.3, 0.4) is 0 Å². The van der Waals surface area contributed by atoms with Gasteiger partial charge in [-0.05, 0) is 12.1 Å². The predicted octanol–water partition coefficient (Wildman–Crippen LogP) is 1.54. The van der Waals surface area contributed by atoms with Gasteiger partial charge in [0.1, 0.15) is 11.5 Å². The number of carbonyl (C=O) groups excluding carboxylic acids is 1. The summed E-state index contributed by atoms with van der Waals surface area (Å²) < 4.78 is 10.2. The van der Waals surface area contributed by atoms with Crippen molar-refractivity contribution in [1.82, 2.24) is 0 Å². The second-order valence-electron chi connectivity index (χ2n) is 2.55. The molecule has 74 valence electrons. The van der Waals surface area contributed by atoms with Gasteiger partial charge in [-0.1, -0.05) is 6.07 Å². The first-order valence-electron chi connectivity index (χ1n) is 4.07. The molecule has 0 N–H and O–H groups in total. The number of aliphatic imine (C=N–C) groups is 1. The highest BCUT2D eigenvalue weighted by molar-refractivity contribution is 5.46. The Labute approximate surface area is 82.2 Å². The summed E-state index contributed by atoms with van der Waals surface area (Å²) >= 11 is 0. The van der Waals surface area contributed by atoms with Gasteiger partial charge < -0.3 is 9.47 Å². The first-order chi connectivity index (χ1) is 6.83. The Morgan fingerprint density at radius 2 is 1.86 bits per heavy atom. The third-order valence-electron chi connectivity index (χ3n) is 1.83. The van der Waals surface area contributed by atoms with Crippen LogP contribution in [0, 0.1) is 0 Å². The molecule has 0 bridgehead atoms. The first kappa shape index (κ1) is 10.3. The lowest BCUT2D eigenvalue weighted by molar-refractivity contribution is 0.385. The lowest BCUT2D eigenvalue weighted by Gasteiger charge is -2.09. The van der Waals surface area contributed by atoms with E-state index in [0.717, 1.165) is 5.56 Å². The van der Waals surface area contributed by atoms with Gasteiger partial charge >= 0.3 is 0 Å². The van der Waals surface area contributed by atoms with Gasteiger partial charge in [0.25, 0.3) is 0 Å². The SMILES string of the molecule is COc1cccc(OC)c1CN=C=O. The van der Waals surface area contributed by atoms with Crippen molar-refractivity contribution in [3.63, 3.8) is 0 Å². The Hall–Kier alpha value is -1.80. The third-order valence-corrected chi connectivity index (χ3v) is 1.83. The molecule has 1 aromatic rings. The van der Waals surface area contributed by atoms with E-state index >= 15 is 0 Å². The standard InChI is InChI=1S/C10H11NO3/c1-13-9-4-3-5-10(14-2)8(9)6-11-7-12/h3-5H,6H2,1-2H3. The van der Waals surface area contributed by atoms with Crippen molar-refractivity contribution >= 4 is 6.08 Å². The molecule has 0 spiro atoms. The number of rotatable bonds is 4. The van der Waals surface area contributed by atoms with Crippen molar-refractivity contribution in [2.45, 2.75) is 6.54 Å². The Kier molecular flexibility index (Phi) is 3.70. The molecule has 0 heterocycles. The molecule has 4 nitrogen and oxygen atoms in total. The molecule has 0 amide bonds. The molecular weight excluding hydrogens is 182 g/mol. The van der Waals surface area contributed by atoms with Gasteiger partial charge in [-0.25, -0.2) is 9.79 Å². The monoisotopic (exact) mass is 193 g/mol. The summed E-state index contributed by atoms with van der Waals surface area (Å²) in [6.07, 6.45) is 1.48. The Bertz CT molecular complexity index is 334. The second kappa shape index (κ2) is 5.04. The molecule has 0 atom stereocenters. The van der Waals surface area contributed by atoms with Crippen LogP contribution in [0.5, 0.6) is 11.5 Å². The summed E-state index contributed by atoms with van der Waals surface area (Å²) in [7, 11) is 3.12. The average Bonchev–Trinajstić information content (AvgIpc) is 2.25. The Morgan fingerprint density at radius 3 is 2.29 bits per heavy atom. The van der Waals surface area contributed by atoms with Crippen LogP contribution >= 0.6 is 0 Å². The minimum absolute atomic E-state index is 0.219. The van der Waals surface area contributed by atoms with Crippen LogP contribution in [-0.2, 0) is 11.3 Å². The summed E-state index contributed by atoms with van der Waals surface area (Å²) in [5.41, 5.74) is 0.751. The molecule has 14 heavy (non-hydrogen) atoms. The number of ether oxygens (including phenoxy) is 2. The zero-order valence-electron chi connectivity index (χ0n) is 8.11. The number of benzene rings is 1. The Balaban J connectivity index is 3.11. The normalized spacial score (nSPS) is 9.00. The lowest BCUT2D eigenvalue weighted by atomic mass is 10.2. The average molecular weight is 193 g/mol. The van der Waals surface area contributed by atoms with Crippen molar-refractivity contribution in [2.24, 2.45) is 4.99 Å². The molecule has 0 aliphatic heterocycles. The van der Waals surface area contributed by atoms with E-state index in [9.17, 15) is 4.79 Å². The maximum atomic E-state index is 10.0. The molecule has 0 aliphatic rings. The highest BCUT2D eigenvalue weighted by atomic mass is 16.5. The van der Waals surface area contributed by atoms with E-state index in [1.54, 1.807) is 26.4 Å². The van der Waals surface area contributed by atoms with Crippen molar-refractivity contribution in [1.29, 1.82) is 0 Å². The summed E-state index contributed by atoms with van der Waals surface area (Å²) in [5.74, 6) is 1.31. The topological polar surface area (TPSA) is 47.9 Å². The Morgan fingerprint density at radius 1 is 1.29 bits per heavy atom. The van der Waals surface area contributed by atoms with Gasteiger partial charge in [0.05, 0.1) is 26.3 Å². The number of isocyanates is 1. The van der Waals surface area contributed by atoms with Crippen LogP contribution in [0.4, 0.5) is 0 Å². The summed E-state index contributed by atoms with van der Waals surface area (Å²) in [6.45, 7) is 0.219. The summed E-state index contributed by atoms with van der Waals surface area (Å²) in [5, 5.41) is 0. The first-order valence-corrected chi connectivity index (χ1v) is 4.07. The molecule has 4 heteroatoms. The zero-order chi connectivity index (χ0) is 10.4. The zero-order valence-corrected chi connectivity index (χ0v) is 8.11. The van der Waals surface area contributed by atoms with E-state index in [0.29, 0.717) is 11.5 Å². The fourth-order valence-corrected chi connectivity index (χ4v) is 1.20. The molecule has 0 aliphatic carbocycles. The van der Waals surface area contributed by atoms with E-state index in [1.807, 2.05) is 6.07 Å². The second-order valence-corrected chi connectivity index (χ2v) is 2.55. The number of methoxy groups -OCH3 is 2. The largest absolute Gasteiger partial charge is 0.496 e. The van der Waals surface area contributed by atoms with E-state index in [1.165, 1.54) is 6.08 Å². The van der Waals surface area contributed by atoms with Gasteiger partial charge in [0.15, 0.2) is 0 Å². The van der Waals surface area contributed by atoms with Gasteiger partial charge in [0, 0.05) is 0 Å². The molecule has 0 radical (unpaired) electrons. The highest BCUT2D eigenvalue weighted by Gasteiger charge is 2.08. The van der Waals surface area contributed by atoms with Crippen LogP contribution in [0.15, 0.2) is 23.2 Å². The van der Waals surface area contributed by atoms with Crippen LogP contribution in [0.2, 0.25) is 0 Å². The minimum Gasteiger partial charge on any atom is -0.496 e. The smallest absolute Gasteiger partial charge is 0.235 e. The van der Waals surface area contributed by atoms with Crippen molar-refractivity contribution in [3.8, 4) is 11.5 Å². The van der Waals surface area contributed by atoms with Crippen LogP contribution in [0.1, 0.15) is 5.56 Å². The molecule has 1 rings (SSSR count). The van der Waals surface area contributed by atoms with E-state index in [2.05, 4.69) is 4.99 Å².